The van der Waals surface area contributed by atoms with E-state index in [0.29, 0.717) is 0 Å². The van der Waals surface area contributed by atoms with Crippen molar-refractivity contribution < 1.29 is 5.11 Å². The van der Waals surface area contributed by atoms with Crippen LogP contribution >= 0.6 is 0 Å². The molecule has 0 spiro atoms. The minimum Gasteiger partial charge on any atom is -0.392 e. The van der Waals surface area contributed by atoms with Gasteiger partial charge in [-0.1, -0.05) is 30.4 Å². The molecular weight excluding hydrogens is 124 g/mol. The van der Waals surface area contributed by atoms with Crippen LogP contribution in [0.4, 0.5) is 0 Å². The van der Waals surface area contributed by atoms with Crippen molar-refractivity contribution in [3.05, 3.63) is 36.0 Å². The van der Waals surface area contributed by atoms with Gasteiger partial charge in [0.15, 0.2) is 0 Å². The summed E-state index contributed by atoms with van der Waals surface area (Å²) >= 11 is 0. The molecule has 0 aromatic rings. The van der Waals surface area contributed by atoms with Gasteiger partial charge in [0, 0.05) is 0 Å². The standard InChI is InChI=1S/C9H14O/c1-4-9(7-10)6-5-8(2)3/h4-6,10H,2,7H2,1,3H3. The first-order valence-corrected chi connectivity index (χ1v) is 3.30. The maximum absolute atomic E-state index is 8.69. The molecule has 56 valence electrons. The molecule has 0 rings (SSSR count). The lowest BCUT2D eigenvalue weighted by atomic mass is 10.2. The molecular formula is C9H14O. The van der Waals surface area contributed by atoms with Crippen LogP contribution in [0.15, 0.2) is 36.0 Å². The number of rotatable bonds is 3. The van der Waals surface area contributed by atoms with Gasteiger partial charge in [-0.25, -0.2) is 0 Å². The Bertz CT molecular complexity index is 164. The zero-order valence-corrected chi connectivity index (χ0v) is 6.59. The predicted molar refractivity (Wildman–Crippen MR) is 44.8 cm³/mol. The van der Waals surface area contributed by atoms with E-state index in [1.807, 2.05) is 32.1 Å². The van der Waals surface area contributed by atoms with Crippen LogP contribution in [0.3, 0.4) is 0 Å². The van der Waals surface area contributed by atoms with E-state index < -0.39 is 0 Å². The highest BCUT2D eigenvalue weighted by molar-refractivity contribution is 5.24. The van der Waals surface area contributed by atoms with E-state index in [1.165, 1.54) is 0 Å². The van der Waals surface area contributed by atoms with Crippen molar-refractivity contribution in [2.24, 2.45) is 0 Å². The average molecular weight is 138 g/mol. The zero-order chi connectivity index (χ0) is 7.98. The van der Waals surface area contributed by atoms with Crippen LogP contribution in [-0.4, -0.2) is 11.7 Å². The fourth-order valence-electron chi connectivity index (χ4n) is 0.490. The Balaban J connectivity index is 3.98. The van der Waals surface area contributed by atoms with E-state index in [-0.39, 0.29) is 6.61 Å². The molecule has 0 radical (unpaired) electrons. The van der Waals surface area contributed by atoms with E-state index in [1.54, 1.807) is 0 Å². The largest absolute Gasteiger partial charge is 0.392 e. The van der Waals surface area contributed by atoms with Gasteiger partial charge in [0.2, 0.25) is 0 Å². The summed E-state index contributed by atoms with van der Waals surface area (Å²) in [7, 11) is 0. The van der Waals surface area contributed by atoms with Gasteiger partial charge >= 0.3 is 0 Å². The monoisotopic (exact) mass is 138 g/mol. The van der Waals surface area contributed by atoms with Crippen LogP contribution in [0, 0.1) is 0 Å². The summed E-state index contributed by atoms with van der Waals surface area (Å²) in [5, 5.41) is 8.69. The molecule has 1 nitrogen and oxygen atoms in total. The summed E-state index contributed by atoms with van der Waals surface area (Å²) in [5.74, 6) is 0. The van der Waals surface area contributed by atoms with Crippen LogP contribution in [-0.2, 0) is 0 Å². The topological polar surface area (TPSA) is 20.2 Å². The fraction of sp³-hybridized carbons (Fsp3) is 0.333. The van der Waals surface area contributed by atoms with Crippen LogP contribution in [0.25, 0.3) is 0 Å². The van der Waals surface area contributed by atoms with Gasteiger partial charge in [0.05, 0.1) is 6.61 Å². The Morgan fingerprint density at radius 2 is 2.10 bits per heavy atom. The molecule has 1 N–H and O–H groups in total. The summed E-state index contributed by atoms with van der Waals surface area (Å²) in [5.41, 5.74) is 1.91. The Kier molecular flexibility index (Phi) is 4.59. The van der Waals surface area contributed by atoms with E-state index >= 15 is 0 Å². The Hall–Kier alpha value is -0.820. The Morgan fingerprint density at radius 3 is 2.40 bits per heavy atom. The molecule has 0 fully saturated rings. The summed E-state index contributed by atoms with van der Waals surface area (Å²) in [6, 6.07) is 0. The van der Waals surface area contributed by atoms with E-state index in [4.69, 9.17) is 5.11 Å². The maximum Gasteiger partial charge on any atom is 0.0678 e. The molecule has 0 saturated heterocycles. The van der Waals surface area contributed by atoms with E-state index in [9.17, 15) is 0 Å². The number of aliphatic hydroxyl groups excluding tert-OH is 1. The first-order chi connectivity index (χ1) is 4.70. The molecule has 1 heteroatoms. The Labute approximate surface area is 62.4 Å². The number of hydrogen-bond donors (Lipinski definition) is 1. The molecule has 0 aliphatic carbocycles. The molecule has 0 heterocycles. The molecule has 10 heavy (non-hydrogen) atoms. The summed E-state index contributed by atoms with van der Waals surface area (Å²) < 4.78 is 0. The SMILES string of the molecule is C=C(C)C=CC(=CC)CO. The van der Waals surface area contributed by atoms with Crippen LogP contribution in [0.2, 0.25) is 0 Å². The second-order valence-electron chi connectivity index (χ2n) is 2.20. The molecule has 0 aromatic carbocycles. The van der Waals surface area contributed by atoms with Crippen molar-refractivity contribution in [2.75, 3.05) is 6.61 Å². The maximum atomic E-state index is 8.69. The second-order valence-corrected chi connectivity index (χ2v) is 2.20. The lowest BCUT2D eigenvalue weighted by Crippen LogP contribution is -1.83. The summed E-state index contributed by atoms with van der Waals surface area (Å²) in [6.45, 7) is 7.61. The Morgan fingerprint density at radius 1 is 1.50 bits per heavy atom. The molecule has 0 aliphatic heterocycles. The highest BCUT2D eigenvalue weighted by atomic mass is 16.3. The van der Waals surface area contributed by atoms with E-state index in [2.05, 4.69) is 6.58 Å². The van der Waals surface area contributed by atoms with Gasteiger partial charge in [-0.05, 0) is 19.4 Å². The number of aliphatic hydroxyl groups is 1. The van der Waals surface area contributed by atoms with Crippen molar-refractivity contribution in [1.29, 1.82) is 0 Å². The van der Waals surface area contributed by atoms with Gasteiger partial charge in [-0.2, -0.15) is 0 Å². The van der Waals surface area contributed by atoms with Gasteiger partial charge < -0.3 is 5.11 Å². The van der Waals surface area contributed by atoms with Gasteiger partial charge in [-0.15, -0.1) is 0 Å². The van der Waals surface area contributed by atoms with Gasteiger partial charge in [-0.3, -0.25) is 0 Å². The molecule has 0 unspecified atom stereocenters. The predicted octanol–water partition coefficient (Wildman–Crippen LogP) is 2.06. The van der Waals surface area contributed by atoms with Crippen molar-refractivity contribution in [1.82, 2.24) is 0 Å². The van der Waals surface area contributed by atoms with Crippen LogP contribution < -0.4 is 0 Å². The quantitative estimate of drug-likeness (QED) is 0.592. The highest BCUT2D eigenvalue weighted by Crippen LogP contribution is 1.97. The minimum absolute atomic E-state index is 0.0975. The fourth-order valence-corrected chi connectivity index (χ4v) is 0.490. The van der Waals surface area contributed by atoms with Crippen LogP contribution in [0.1, 0.15) is 13.8 Å². The minimum atomic E-state index is 0.0975. The molecule has 0 amide bonds. The highest BCUT2D eigenvalue weighted by Gasteiger charge is 1.83. The van der Waals surface area contributed by atoms with Gasteiger partial charge in [0.25, 0.3) is 0 Å². The van der Waals surface area contributed by atoms with Crippen molar-refractivity contribution in [2.45, 2.75) is 13.8 Å². The van der Waals surface area contributed by atoms with Crippen molar-refractivity contribution in [3.63, 3.8) is 0 Å². The molecule has 0 aliphatic rings. The third-order valence-electron chi connectivity index (χ3n) is 1.14. The zero-order valence-electron chi connectivity index (χ0n) is 6.59. The smallest absolute Gasteiger partial charge is 0.0678 e. The number of allylic oxidation sites excluding steroid dienone is 3. The van der Waals surface area contributed by atoms with Crippen molar-refractivity contribution in [3.8, 4) is 0 Å². The lowest BCUT2D eigenvalue weighted by molar-refractivity contribution is 0.335. The summed E-state index contributed by atoms with van der Waals surface area (Å²) in [6.07, 6.45) is 5.62. The first kappa shape index (κ1) is 9.18. The molecule has 0 aromatic heterocycles. The molecule has 0 atom stereocenters. The summed E-state index contributed by atoms with van der Waals surface area (Å²) in [4.78, 5) is 0. The third-order valence-corrected chi connectivity index (χ3v) is 1.14. The van der Waals surface area contributed by atoms with Crippen molar-refractivity contribution >= 4 is 0 Å². The average Bonchev–Trinajstić information content (AvgIpc) is 1.90. The molecule has 0 saturated carbocycles. The van der Waals surface area contributed by atoms with Gasteiger partial charge in [0.1, 0.15) is 0 Å². The second kappa shape index (κ2) is 5.00. The van der Waals surface area contributed by atoms with Crippen LogP contribution in [0.5, 0.6) is 0 Å². The van der Waals surface area contributed by atoms with E-state index in [0.717, 1.165) is 11.1 Å². The molecule has 0 bridgehead atoms. The first-order valence-electron chi connectivity index (χ1n) is 3.30. The third kappa shape index (κ3) is 4.10. The number of hydrogen-bond acceptors (Lipinski definition) is 1. The normalized spacial score (nSPS) is 12.5. The lowest BCUT2D eigenvalue weighted by Gasteiger charge is -1.92.